The Morgan fingerprint density at radius 3 is 1.24 bits per heavy atom. The van der Waals surface area contributed by atoms with Crippen LogP contribution >= 0.6 is 0 Å². The molecule has 1 aliphatic heterocycles. The molecule has 0 aromatic heterocycles. The van der Waals surface area contributed by atoms with Crippen LogP contribution < -0.4 is 0 Å². The molecule has 0 bridgehead atoms. The highest BCUT2D eigenvalue weighted by atomic mass is 16.7. The van der Waals surface area contributed by atoms with Crippen molar-refractivity contribution in [1.82, 2.24) is 0 Å². The molecule has 1 fully saturated rings. The third kappa shape index (κ3) is 41.8. The fraction of sp³-hybridized carbons (Fsp3) is 0.885. The first-order chi connectivity index (χ1) is 34.4. The molecule has 0 aliphatic carbocycles. The predicted octanol–water partition coefficient (Wildman–Crippen LogP) is 15.8. The van der Waals surface area contributed by atoms with Crippen LogP contribution in [0.25, 0.3) is 0 Å². The van der Waals surface area contributed by atoms with Crippen molar-refractivity contribution in [2.75, 3.05) is 26.4 Å². The van der Waals surface area contributed by atoms with E-state index in [2.05, 4.69) is 50.3 Å². The molecule has 0 aromatic carbocycles. The number of hydrogen-bond donors (Lipinski definition) is 4. The minimum atomic E-state index is -1.54. The molecule has 0 aromatic rings. The van der Waals surface area contributed by atoms with E-state index in [0.29, 0.717) is 13.0 Å². The Kier molecular flexibility index (Phi) is 49.6. The Labute approximate surface area is 431 Å². The second-order valence-electron chi connectivity index (χ2n) is 20.8. The smallest absolute Gasteiger partial charge is 0.306 e. The van der Waals surface area contributed by atoms with Crippen molar-refractivity contribution >= 4 is 5.97 Å². The van der Waals surface area contributed by atoms with Crippen molar-refractivity contribution in [2.24, 2.45) is 0 Å². The van der Waals surface area contributed by atoms with Crippen LogP contribution in [-0.2, 0) is 23.7 Å². The molecule has 6 unspecified atom stereocenters. The number of esters is 1. The second kappa shape index (κ2) is 52.3. The van der Waals surface area contributed by atoms with Gasteiger partial charge in [0.15, 0.2) is 6.29 Å². The summed E-state index contributed by atoms with van der Waals surface area (Å²) >= 11 is 0. The summed E-state index contributed by atoms with van der Waals surface area (Å²) < 4.78 is 23.0. The van der Waals surface area contributed by atoms with Gasteiger partial charge >= 0.3 is 5.97 Å². The average Bonchev–Trinajstić information content (AvgIpc) is 3.36. The van der Waals surface area contributed by atoms with Crippen molar-refractivity contribution in [3.05, 3.63) is 36.5 Å². The van der Waals surface area contributed by atoms with Crippen LogP contribution in [0.4, 0.5) is 0 Å². The summed E-state index contributed by atoms with van der Waals surface area (Å²) in [4.78, 5) is 12.9. The third-order valence-electron chi connectivity index (χ3n) is 14.0. The number of aliphatic hydroxyl groups is 4. The minimum absolute atomic E-state index is 0.111. The number of rotatable bonds is 53. The van der Waals surface area contributed by atoms with E-state index in [-0.39, 0.29) is 19.2 Å². The van der Waals surface area contributed by atoms with Gasteiger partial charge in [0.25, 0.3) is 0 Å². The Morgan fingerprint density at radius 1 is 0.457 bits per heavy atom. The summed E-state index contributed by atoms with van der Waals surface area (Å²) in [5.41, 5.74) is 0. The fourth-order valence-corrected chi connectivity index (χ4v) is 9.34. The van der Waals surface area contributed by atoms with Crippen molar-refractivity contribution < 1.29 is 44.2 Å². The van der Waals surface area contributed by atoms with Crippen LogP contribution in [0.5, 0.6) is 0 Å². The quantitative estimate of drug-likeness (QED) is 0.0267. The van der Waals surface area contributed by atoms with E-state index in [0.717, 1.165) is 38.5 Å². The molecule has 9 heteroatoms. The van der Waals surface area contributed by atoms with E-state index in [9.17, 15) is 25.2 Å². The Balaban J connectivity index is 2.13. The number of carbonyl (C=O) groups excluding carboxylic acids is 1. The Hall–Kier alpha value is -1.59. The lowest BCUT2D eigenvalue weighted by Crippen LogP contribution is -2.59. The van der Waals surface area contributed by atoms with Crippen molar-refractivity contribution in [3.63, 3.8) is 0 Å². The monoisotopic (exact) mass is 991 g/mol. The zero-order valence-electron chi connectivity index (χ0n) is 45.8. The van der Waals surface area contributed by atoms with Gasteiger partial charge in [0.2, 0.25) is 0 Å². The first kappa shape index (κ1) is 66.4. The van der Waals surface area contributed by atoms with Gasteiger partial charge in [-0.3, -0.25) is 4.79 Å². The van der Waals surface area contributed by atoms with E-state index in [1.54, 1.807) is 0 Å². The molecule has 1 aliphatic rings. The topological polar surface area (TPSA) is 135 Å². The maximum atomic E-state index is 12.9. The number of allylic oxidation sites excluding steroid dienone is 6. The normalized spacial score (nSPS) is 19.1. The van der Waals surface area contributed by atoms with Crippen LogP contribution in [0.15, 0.2) is 36.5 Å². The van der Waals surface area contributed by atoms with Crippen molar-refractivity contribution in [3.8, 4) is 0 Å². The summed E-state index contributed by atoms with van der Waals surface area (Å²) in [5, 5.41) is 40.4. The summed E-state index contributed by atoms with van der Waals surface area (Å²) in [5.74, 6) is -0.311. The molecular formula is C61H114O9. The molecular weight excluding hydrogens is 877 g/mol. The highest BCUT2D eigenvalue weighted by molar-refractivity contribution is 5.69. The molecule has 6 atom stereocenters. The van der Waals surface area contributed by atoms with Gasteiger partial charge in [-0.1, -0.05) is 243 Å². The predicted molar refractivity (Wildman–Crippen MR) is 293 cm³/mol. The fourth-order valence-electron chi connectivity index (χ4n) is 9.34. The standard InChI is InChI=1S/C61H114O9/c1-3-5-7-9-11-13-15-17-19-21-23-25-26-27-28-29-31-33-35-37-39-41-43-45-47-49-51-67-53-55(54-68-61-60(66)59(65)58(64)56(52-62)70-61)69-57(63)50-48-46-44-42-40-38-36-34-32-30-24-22-20-18-16-14-12-10-8-6-4-2/h15,17,21-24,55-56,58-62,64-66H,3-14,16,18-20,25-54H2,1-2H3/b17-15-,23-21-,24-22-. The maximum Gasteiger partial charge on any atom is 0.306 e. The average molecular weight is 992 g/mol. The number of ether oxygens (including phenoxy) is 4. The van der Waals surface area contributed by atoms with Crippen LogP contribution in [-0.4, -0.2) is 89.6 Å². The minimum Gasteiger partial charge on any atom is -0.457 e. The van der Waals surface area contributed by atoms with Gasteiger partial charge < -0.3 is 39.4 Å². The maximum absolute atomic E-state index is 12.9. The van der Waals surface area contributed by atoms with Crippen molar-refractivity contribution in [2.45, 2.75) is 320 Å². The molecule has 0 spiro atoms. The highest BCUT2D eigenvalue weighted by Gasteiger charge is 2.44. The van der Waals surface area contributed by atoms with E-state index in [4.69, 9.17) is 18.9 Å². The first-order valence-corrected chi connectivity index (χ1v) is 30.1. The lowest BCUT2D eigenvalue weighted by molar-refractivity contribution is -0.305. The molecule has 0 saturated carbocycles. The highest BCUT2D eigenvalue weighted by Crippen LogP contribution is 2.23. The van der Waals surface area contributed by atoms with Gasteiger partial charge in [-0.15, -0.1) is 0 Å². The van der Waals surface area contributed by atoms with Crippen molar-refractivity contribution in [1.29, 1.82) is 0 Å². The zero-order valence-corrected chi connectivity index (χ0v) is 45.8. The lowest BCUT2D eigenvalue weighted by Gasteiger charge is -2.39. The molecule has 1 saturated heterocycles. The van der Waals surface area contributed by atoms with E-state index >= 15 is 0 Å². The van der Waals surface area contributed by atoms with Gasteiger partial charge in [-0.05, 0) is 70.6 Å². The van der Waals surface area contributed by atoms with Crippen LogP contribution in [0.1, 0.15) is 284 Å². The van der Waals surface area contributed by atoms with E-state index in [1.165, 1.54) is 225 Å². The van der Waals surface area contributed by atoms with Crippen LogP contribution in [0, 0.1) is 0 Å². The summed E-state index contributed by atoms with van der Waals surface area (Å²) in [6.45, 7) is 4.60. The second-order valence-corrected chi connectivity index (χ2v) is 20.8. The molecule has 1 rings (SSSR count). The largest absolute Gasteiger partial charge is 0.457 e. The molecule has 0 amide bonds. The molecule has 70 heavy (non-hydrogen) atoms. The Bertz CT molecular complexity index is 1170. The number of unbranched alkanes of at least 4 members (excludes halogenated alkanes) is 36. The van der Waals surface area contributed by atoms with Gasteiger partial charge in [0.05, 0.1) is 19.8 Å². The summed E-state index contributed by atoms with van der Waals surface area (Å²) in [7, 11) is 0. The third-order valence-corrected chi connectivity index (χ3v) is 14.0. The van der Waals surface area contributed by atoms with Gasteiger partial charge in [-0.2, -0.15) is 0 Å². The number of aliphatic hydroxyl groups excluding tert-OH is 4. The van der Waals surface area contributed by atoms with E-state index < -0.39 is 43.4 Å². The van der Waals surface area contributed by atoms with Crippen LogP contribution in [0.3, 0.4) is 0 Å². The first-order valence-electron chi connectivity index (χ1n) is 30.1. The molecule has 4 N–H and O–H groups in total. The lowest BCUT2D eigenvalue weighted by atomic mass is 9.99. The molecule has 1 heterocycles. The van der Waals surface area contributed by atoms with E-state index in [1.807, 2.05) is 0 Å². The summed E-state index contributed by atoms with van der Waals surface area (Å²) in [6.07, 6.45) is 59.1. The molecule has 412 valence electrons. The molecule has 9 nitrogen and oxygen atoms in total. The zero-order chi connectivity index (χ0) is 50.6. The van der Waals surface area contributed by atoms with Gasteiger partial charge in [0.1, 0.15) is 30.5 Å². The summed E-state index contributed by atoms with van der Waals surface area (Å²) in [6, 6.07) is 0. The number of hydrogen-bond acceptors (Lipinski definition) is 9. The Morgan fingerprint density at radius 2 is 0.829 bits per heavy atom. The SMILES string of the molecule is CCCCCCC/C=C\C/C=C\CCCCCCCCCCCCCCCCOCC(COC1OC(CO)C(O)C(O)C1O)OC(=O)CCCCCCCCCCC/C=C\CCCCCCCCCC. The van der Waals surface area contributed by atoms with Crippen LogP contribution in [0.2, 0.25) is 0 Å². The number of carbonyl (C=O) groups is 1. The van der Waals surface area contributed by atoms with Gasteiger partial charge in [0, 0.05) is 13.0 Å². The molecule has 0 radical (unpaired) electrons. The van der Waals surface area contributed by atoms with Gasteiger partial charge in [-0.25, -0.2) is 0 Å².